The van der Waals surface area contributed by atoms with Crippen LogP contribution >= 0.6 is 11.6 Å². The molecule has 0 aliphatic carbocycles. The molecule has 0 saturated carbocycles. The molecular weight excluding hydrogens is 466 g/mol. The Morgan fingerprint density at radius 2 is 1.80 bits per heavy atom. The number of esters is 1. The van der Waals surface area contributed by atoms with Crippen LogP contribution in [-0.4, -0.2) is 31.6 Å². The number of halogens is 1. The van der Waals surface area contributed by atoms with Gasteiger partial charge < -0.3 is 18.9 Å². The van der Waals surface area contributed by atoms with E-state index in [0.29, 0.717) is 36.1 Å². The Labute approximate surface area is 210 Å². The first-order chi connectivity index (χ1) is 17.0. The molecule has 0 fully saturated rings. The van der Waals surface area contributed by atoms with Crippen molar-refractivity contribution in [1.82, 2.24) is 4.90 Å². The molecule has 0 spiro atoms. The van der Waals surface area contributed by atoms with E-state index in [2.05, 4.69) is 17.0 Å². The minimum Gasteiger partial charge on any atom is -0.493 e. The molecule has 2 aliphatic heterocycles. The number of hydrogen-bond acceptors (Lipinski definition) is 6. The molecule has 182 valence electrons. The Morgan fingerprint density at radius 3 is 2.51 bits per heavy atom. The van der Waals surface area contributed by atoms with Crippen LogP contribution in [0.25, 0.3) is 0 Å². The largest absolute Gasteiger partial charge is 0.493 e. The molecule has 35 heavy (non-hydrogen) atoms. The molecule has 1 atom stereocenters. The van der Waals surface area contributed by atoms with Crippen LogP contribution in [0.3, 0.4) is 0 Å². The van der Waals surface area contributed by atoms with E-state index in [1.54, 1.807) is 20.3 Å². The van der Waals surface area contributed by atoms with Crippen molar-refractivity contribution in [2.45, 2.75) is 39.0 Å². The predicted octanol–water partition coefficient (Wildman–Crippen LogP) is 5.52. The molecule has 0 saturated heterocycles. The minimum atomic E-state index is -0.383. The standard InChI is InChI=1S/C28H28ClNO5/c1-17(31)35-28-22-15-30-10-9-19-11-25(32-2)26(34-16-18-7-5-4-6-8-18)13-20(19)24(30)12-21(22)23(29)14-27(28)33-3/h4-8,11,13-14,24H,9-10,12,15-16H2,1-3H3. The molecule has 0 bridgehead atoms. The molecule has 1 unspecified atom stereocenters. The summed E-state index contributed by atoms with van der Waals surface area (Å²) in [6, 6.07) is 16.2. The molecule has 0 N–H and O–H groups in total. The molecule has 7 heteroatoms. The van der Waals surface area contributed by atoms with Crippen molar-refractivity contribution >= 4 is 17.6 Å². The third-order valence-corrected chi connectivity index (χ3v) is 7.10. The van der Waals surface area contributed by atoms with Crippen molar-refractivity contribution in [3.05, 3.63) is 81.4 Å². The first-order valence-electron chi connectivity index (χ1n) is 11.7. The molecule has 0 aromatic heterocycles. The number of carbonyl (C=O) groups is 1. The lowest BCUT2D eigenvalue weighted by molar-refractivity contribution is -0.132. The minimum absolute atomic E-state index is 0.132. The van der Waals surface area contributed by atoms with E-state index in [4.69, 9.17) is 30.5 Å². The fourth-order valence-corrected chi connectivity index (χ4v) is 5.38. The quantitative estimate of drug-likeness (QED) is 0.333. The first kappa shape index (κ1) is 23.5. The van der Waals surface area contributed by atoms with Crippen LogP contribution in [0.15, 0.2) is 48.5 Å². The number of fused-ring (bicyclic) bond motifs is 4. The number of nitrogens with zero attached hydrogens (tertiary/aromatic N) is 1. The summed E-state index contributed by atoms with van der Waals surface area (Å²) in [6.07, 6.45) is 1.58. The highest BCUT2D eigenvalue weighted by atomic mass is 35.5. The zero-order valence-corrected chi connectivity index (χ0v) is 20.9. The Hall–Kier alpha value is -3.22. The van der Waals surface area contributed by atoms with Crippen molar-refractivity contribution in [3.8, 4) is 23.0 Å². The average Bonchev–Trinajstić information content (AvgIpc) is 2.87. The molecule has 2 aliphatic rings. The van der Waals surface area contributed by atoms with Gasteiger partial charge in [0.05, 0.1) is 14.2 Å². The molecule has 5 rings (SSSR count). The molecule has 3 aromatic carbocycles. The van der Waals surface area contributed by atoms with E-state index >= 15 is 0 Å². The molecule has 0 radical (unpaired) electrons. The summed E-state index contributed by atoms with van der Waals surface area (Å²) in [5, 5.41) is 0.619. The summed E-state index contributed by atoms with van der Waals surface area (Å²) in [4.78, 5) is 14.2. The lowest BCUT2D eigenvalue weighted by Crippen LogP contribution is -2.39. The zero-order chi connectivity index (χ0) is 24.5. The fourth-order valence-electron chi connectivity index (χ4n) is 5.09. The topological polar surface area (TPSA) is 57.2 Å². The Kier molecular flexibility index (Phi) is 6.58. The van der Waals surface area contributed by atoms with Crippen molar-refractivity contribution in [3.63, 3.8) is 0 Å². The van der Waals surface area contributed by atoms with Gasteiger partial charge in [0, 0.05) is 42.7 Å². The van der Waals surface area contributed by atoms with E-state index in [-0.39, 0.29) is 12.0 Å². The highest BCUT2D eigenvalue weighted by Gasteiger charge is 2.36. The second-order valence-corrected chi connectivity index (χ2v) is 9.26. The summed E-state index contributed by atoms with van der Waals surface area (Å²) >= 11 is 6.71. The molecule has 3 aromatic rings. The van der Waals surface area contributed by atoms with E-state index < -0.39 is 0 Å². The van der Waals surface area contributed by atoms with Crippen LogP contribution in [0.1, 0.15) is 40.8 Å². The van der Waals surface area contributed by atoms with Gasteiger partial charge in [-0.1, -0.05) is 41.9 Å². The van der Waals surface area contributed by atoms with Gasteiger partial charge >= 0.3 is 5.97 Å². The van der Waals surface area contributed by atoms with Gasteiger partial charge in [-0.3, -0.25) is 9.69 Å². The third kappa shape index (κ3) is 4.56. The monoisotopic (exact) mass is 493 g/mol. The van der Waals surface area contributed by atoms with Crippen molar-refractivity contribution in [2.24, 2.45) is 0 Å². The van der Waals surface area contributed by atoms with Crippen molar-refractivity contribution in [1.29, 1.82) is 0 Å². The number of carbonyl (C=O) groups excluding carboxylic acids is 1. The van der Waals surface area contributed by atoms with Gasteiger partial charge in [-0.2, -0.15) is 0 Å². The number of hydrogen-bond donors (Lipinski definition) is 0. The normalized spacial score (nSPS) is 16.5. The van der Waals surface area contributed by atoms with Crippen LogP contribution < -0.4 is 18.9 Å². The van der Waals surface area contributed by atoms with Gasteiger partial charge in [0.15, 0.2) is 23.0 Å². The lowest BCUT2D eigenvalue weighted by atomic mass is 9.83. The van der Waals surface area contributed by atoms with Gasteiger partial charge in [0.2, 0.25) is 0 Å². The summed E-state index contributed by atoms with van der Waals surface area (Å²) < 4.78 is 22.9. The Balaban J connectivity index is 1.51. The van der Waals surface area contributed by atoms with E-state index in [9.17, 15) is 4.79 Å². The molecule has 2 heterocycles. The number of ether oxygens (including phenoxy) is 4. The van der Waals surface area contributed by atoms with E-state index in [1.165, 1.54) is 18.1 Å². The van der Waals surface area contributed by atoms with Crippen molar-refractivity contribution in [2.75, 3.05) is 20.8 Å². The molecule has 0 amide bonds. The van der Waals surface area contributed by atoms with Crippen LogP contribution in [0, 0.1) is 0 Å². The zero-order valence-electron chi connectivity index (χ0n) is 20.1. The van der Waals surface area contributed by atoms with Crippen molar-refractivity contribution < 1.29 is 23.7 Å². The van der Waals surface area contributed by atoms with E-state index in [1.807, 2.05) is 30.3 Å². The second-order valence-electron chi connectivity index (χ2n) is 8.86. The predicted molar refractivity (Wildman–Crippen MR) is 134 cm³/mol. The van der Waals surface area contributed by atoms with Gasteiger partial charge in [-0.05, 0) is 47.2 Å². The Bertz CT molecular complexity index is 1260. The Morgan fingerprint density at radius 1 is 1.03 bits per heavy atom. The number of rotatable bonds is 6. The third-order valence-electron chi connectivity index (χ3n) is 6.76. The van der Waals surface area contributed by atoms with Gasteiger partial charge in [0.25, 0.3) is 0 Å². The summed E-state index contributed by atoms with van der Waals surface area (Å²) in [6.45, 7) is 3.35. The number of benzene rings is 3. The summed E-state index contributed by atoms with van der Waals surface area (Å²) in [7, 11) is 3.23. The smallest absolute Gasteiger partial charge is 0.308 e. The second kappa shape index (κ2) is 9.80. The fraction of sp³-hybridized carbons (Fsp3) is 0.321. The lowest BCUT2D eigenvalue weighted by Gasteiger charge is -2.42. The summed E-state index contributed by atoms with van der Waals surface area (Å²) in [5.74, 6) is 2.02. The molecular formula is C28H28ClNO5. The summed E-state index contributed by atoms with van der Waals surface area (Å²) in [5.41, 5.74) is 5.47. The van der Waals surface area contributed by atoms with Crippen LogP contribution in [0.2, 0.25) is 5.02 Å². The maximum atomic E-state index is 11.8. The maximum absolute atomic E-state index is 11.8. The van der Waals surface area contributed by atoms with Gasteiger partial charge in [0.1, 0.15) is 6.61 Å². The highest BCUT2D eigenvalue weighted by molar-refractivity contribution is 6.31. The van der Waals surface area contributed by atoms with Gasteiger partial charge in [-0.15, -0.1) is 0 Å². The first-order valence-corrected chi connectivity index (χ1v) is 12.0. The maximum Gasteiger partial charge on any atom is 0.308 e. The van der Waals surface area contributed by atoms with Crippen LogP contribution in [0.4, 0.5) is 0 Å². The van der Waals surface area contributed by atoms with Crippen LogP contribution in [0.5, 0.6) is 23.0 Å². The SMILES string of the molecule is COc1cc2c(cc1OCc1ccccc1)C1Cc3c(Cl)cc(OC)c(OC(C)=O)c3CN1CC2. The van der Waals surface area contributed by atoms with Crippen LogP contribution in [-0.2, 0) is 30.8 Å². The molecule has 6 nitrogen and oxygen atoms in total. The highest BCUT2D eigenvalue weighted by Crippen LogP contribution is 2.48. The number of methoxy groups -OCH3 is 2. The average molecular weight is 494 g/mol. The van der Waals surface area contributed by atoms with E-state index in [0.717, 1.165) is 41.2 Å². The van der Waals surface area contributed by atoms with Gasteiger partial charge in [-0.25, -0.2) is 0 Å².